The molecule has 21 heavy (non-hydrogen) atoms. The van der Waals surface area contributed by atoms with E-state index in [1.807, 2.05) is 5.32 Å². The lowest BCUT2D eigenvalue weighted by molar-refractivity contribution is 0.381. The molecule has 0 fully saturated rings. The fourth-order valence-electron chi connectivity index (χ4n) is 1.62. The van der Waals surface area contributed by atoms with E-state index in [1.165, 1.54) is 0 Å². The van der Waals surface area contributed by atoms with E-state index in [9.17, 15) is 30.7 Å². The van der Waals surface area contributed by atoms with Gasteiger partial charge < -0.3 is 5.32 Å². The Kier molecular flexibility index (Phi) is 4.06. The molecule has 8 heteroatoms. The number of halogens is 7. The summed E-state index contributed by atoms with van der Waals surface area (Å²) in [4.78, 5) is 0. The molecule has 1 N–H and O–H groups in total. The summed E-state index contributed by atoms with van der Waals surface area (Å²) in [6, 6.07) is 2.32. The Balaban J connectivity index is 2.35. The Morgan fingerprint density at radius 1 is 0.714 bits per heavy atom. The quantitative estimate of drug-likeness (QED) is 0.507. The third-order valence-electron chi connectivity index (χ3n) is 2.67. The second-order valence-electron chi connectivity index (χ2n) is 4.03. The van der Waals surface area contributed by atoms with Gasteiger partial charge in [0.1, 0.15) is 17.3 Å². The van der Waals surface area contributed by atoms with E-state index in [0.717, 1.165) is 18.2 Å². The standard InChI is InChI=1S/C13H6F7N/c14-6-1-2-7(15)5(3-6)4-21-13-11(19)9(17)8(16)10(18)12(13)20/h1-3,21H,4H2. The van der Waals surface area contributed by atoms with Crippen molar-refractivity contribution in [2.75, 3.05) is 5.32 Å². The van der Waals surface area contributed by atoms with Gasteiger partial charge in [-0.25, -0.2) is 30.7 Å². The number of benzene rings is 2. The van der Waals surface area contributed by atoms with Crippen LogP contribution in [0.25, 0.3) is 0 Å². The van der Waals surface area contributed by atoms with Crippen molar-refractivity contribution in [1.82, 2.24) is 0 Å². The largest absolute Gasteiger partial charge is 0.376 e. The van der Waals surface area contributed by atoms with Crippen molar-refractivity contribution >= 4 is 5.69 Å². The van der Waals surface area contributed by atoms with Gasteiger partial charge in [0, 0.05) is 12.1 Å². The van der Waals surface area contributed by atoms with Gasteiger partial charge in [-0.1, -0.05) is 0 Å². The SMILES string of the molecule is Fc1ccc(F)c(CNc2c(F)c(F)c(F)c(F)c2F)c1. The first kappa shape index (κ1) is 15.1. The number of anilines is 1. The summed E-state index contributed by atoms with van der Waals surface area (Å²) in [7, 11) is 0. The lowest BCUT2D eigenvalue weighted by Crippen LogP contribution is -2.10. The van der Waals surface area contributed by atoms with Crippen LogP contribution in [0, 0.1) is 40.7 Å². The van der Waals surface area contributed by atoms with Crippen molar-refractivity contribution in [1.29, 1.82) is 0 Å². The first-order valence-corrected chi connectivity index (χ1v) is 5.52. The fraction of sp³-hybridized carbons (Fsp3) is 0.0769. The second kappa shape index (κ2) is 5.63. The van der Waals surface area contributed by atoms with E-state index in [1.54, 1.807) is 0 Å². The van der Waals surface area contributed by atoms with Crippen LogP contribution >= 0.6 is 0 Å². The van der Waals surface area contributed by atoms with Crippen molar-refractivity contribution < 1.29 is 30.7 Å². The minimum atomic E-state index is -2.30. The Bertz CT molecular complexity index is 670. The Hall–Kier alpha value is -2.25. The molecule has 0 heterocycles. The minimum Gasteiger partial charge on any atom is -0.376 e. The Labute approximate surface area is 114 Å². The molecule has 0 radical (unpaired) electrons. The van der Waals surface area contributed by atoms with Crippen LogP contribution in [-0.4, -0.2) is 0 Å². The van der Waals surface area contributed by atoms with Gasteiger partial charge >= 0.3 is 0 Å². The highest BCUT2D eigenvalue weighted by atomic mass is 19.2. The lowest BCUT2D eigenvalue weighted by atomic mass is 10.2. The van der Waals surface area contributed by atoms with Gasteiger partial charge in [0.05, 0.1) is 0 Å². The number of hydrogen-bond acceptors (Lipinski definition) is 1. The van der Waals surface area contributed by atoms with Crippen molar-refractivity contribution in [2.24, 2.45) is 0 Å². The molecule has 2 aromatic carbocycles. The smallest absolute Gasteiger partial charge is 0.200 e. The normalized spacial score (nSPS) is 10.8. The average Bonchev–Trinajstić information content (AvgIpc) is 2.46. The van der Waals surface area contributed by atoms with Crippen molar-refractivity contribution in [3.63, 3.8) is 0 Å². The van der Waals surface area contributed by atoms with Crippen LogP contribution in [0.15, 0.2) is 18.2 Å². The maximum atomic E-state index is 13.3. The van der Waals surface area contributed by atoms with Crippen molar-refractivity contribution in [2.45, 2.75) is 6.54 Å². The molecule has 0 bridgehead atoms. The maximum Gasteiger partial charge on any atom is 0.200 e. The lowest BCUT2D eigenvalue weighted by Gasteiger charge is -2.11. The maximum absolute atomic E-state index is 13.3. The highest BCUT2D eigenvalue weighted by molar-refractivity contribution is 5.48. The summed E-state index contributed by atoms with van der Waals surface area (Å²) < 4.78 is 91.5. The topological polar surface area (TPSA) is 12.0 Å². The van der Waals surface area contributed by atoms with E-state index in [0.29, 0.717) is 0 Å². The third-order valence-corrected chi connectivity index (χ3v) is 2.67. The number of rotatable bonds is 3. The minimum absolute atomic E-state index is 0.334. The predicted molar refractivity (Wildman–Crippen MR) is 59.9 cm³/mol. The molecule has 2 aromatic rings. The zero-order valence-electron chi connectivity index (χ0n) is 10.1. The summed E-state index contributed by atoms with van der Waals surface area (Å²) in [6.45, 7) is -0.665. The second-order valence-corrected chi connectivity index (χ2v) is 4.03. The van der Waals surface area contributed by atoms with Crippen molar-refractivity contribution in [3.8, 4) is 0 Å². The van der Waals surface area contributed by atoms with Crippen LogP contribution in [0.4, 0.5) is 36.4 Å². The van der Waals surface area contributed by atoms with Gasteiger partial charge in [-0.2, -0.15) is 0 Å². The van der Waals surface area contributed by atoms with Gasteiger partial charge in [-0.15, -0.1) is 0 Å². The van der Waals surface area contributed by atoms with E-state index in [2.05, 4.69) is 0 Å². The van der Waals surface area contributed by atoms with Crippen LogP contribution in [0.1, 0.15) is 5.56 Å². The van der Waals surface area contributed by atoms with Crippen LogP contribution in [0.5, 0.6) is 0 Å². The molecule has 0 spiro atoms. The predicted octanol–water partition coefficient (Wildman–Crippen LogP) is 4.27. The van der Waals surface area contributed by atoms with Gasteiger partial charge in [0.2, 0.25) is 5.82 Å². The highest BCUT2D eigenvalue weighted by Crippen LogP contribution is 2.27. The van der Waals surface area contributed by atoms with E-state index in [-0.39, 0.29) is 5.56 Å². The van der Waals surface area contributed by atoms with Gasteiger partial charge in [0.15, 0.2) is 23.3 Å². The Morgan fingerprint density at radius 2 is 1.24 bits per heavy atom. The molecule has 0 aromatic heterocycles. The molecule has 0 aliphatic carbocycles. The highest BCUT2D eigenvalue weighted by Gasteiger charge is 2.25. The van der Waals surface area contributed by atoms with Crippen molar-refractivity contribution in [3.05, 3.63) is 64.5 Å². The van der Waals surface area contributed by atoms with Crippen LogP contribution in [0.3, 0.4) is 0 Å². The first-order valence-electron chi connectivity index (χ1n) is 5.52. The molecule has 0 unspecified atom stereocenters. The summed E-state index contributed by atoms with van der Waals surface area (Å²) >= 11 is 0. The molecular weight excluding hydrogens is 303 g/mol. The number of hydrogen-bond donors (Lipinski definition) is 1. The summed E-state index contributed by atoms with van der Waals surface area (Å²) in [5, 5.41) is 1.87. The van der Waals surface area contributed by atoms with E-state index >= 15 is 0 Å². The molecule has 0 saturated heterocycles. The number of nitrogens with one attached hydrogen (secondary N) is 1. The fourth-order valence-corrected chi connectivity index (χ4v) is 1.62. The van der Waals surface area contributed by atoms with Crippen LogP contribution in [-0.2, 0) is 6.54 Å². The van der Waals surface area contributed by atoms with E-state index in [4.69, 9.17) is 0 Å². The molecule has 0 atom stereocenters. The zero-order valence-corrected chi connectivity index (χ0v) is 10.1. The zero-order chi connectivity index (χ0) is 15.7. The van der Waals surface area contributed by atoms with Gasteiger partial charge in [-0.3, -0.25) is 0 Å². The summed E-state index contributed by atoms with van der Waals surface area (Å²) in [5.41, 5.74) is -1.64. The third kappa shape index (κ3) is 2.79. The molecule has 0 amide bonds. The first-order chi connectivity index (χ1) is 9.82. The molecular formula is C13H6F7N. The molecule has 0 aliphatic heterocycles. The molecule has 1 nitrogen and oxygen atoms in total. The molecule has 2 rings (SSSR count). The summed E-state index contributed by atoms with van der Waals surface area (Å²) in [6.07, 6.45) is 0. The van der Waals surface area contributed by atoms with Gasteiger partial charge in [-0.05, 0) is 18.2 Å². The summed E-state index contributed by atoms with van der Waals surface area (Å²) in [5.74, 6) is -12.4. The molecule has 0 saturated carbocycles. The van der Waals surface area contributed by atoms with Crippen LogP contribution < -0.4 is 5.32 Å². The monoisotopic (exact) mass is 309 g/mol. The van der Waals surface area contributed by atoms with E-state index < -0.39 is 53.0 Å². The Morgan fingerprint density at radius 3 is 1.81 bits per heavy atom. The van der Waals surface area contributed by atoms with Gasteiger partial charge in [0.25, 0.3) is 0 Å². The van der Waals surface area contributed by atoms with Crippen LogP contribution in [0.2, 0.25) is 0 Å². The molecule has 112 valence electrons. The average molecular weight is 309 g/mol. The molecule has 0 aliphatic rings.